The van der Waals surface area contributed by atoms with E-state index in [1.54, 1.807) is 0 Å². The minimum absolute atomic E-state index is 0.315. The van der Waals surface area contributed by atoms with Crippen LogP contribution >= 0.6 is 0 Å². The average Bonchev–Trinajstić information content (AvgIpc) is 2.45. The molecule has 1 amide bonds. The summed E-state index contributed by atoms with van der Waals surface area (Å²) in [5.41, 5.74) is 5.37. The number of carbonyl (C=O) groups excluding carboxylic acids is 1. The lowest BCUT2D eigenvalue weighted by atomic mass is 10.1. The molecule has 0 bridgehead atoms. The zero-order chi connectivity index (χ0) is 11.5. The lowest BCUT2D eigenvalue weighted by molar-refractivity contribution is 0.0519. The number of ether oxygens (including phenoxy) is 1. The van der Waals surface area contributed by atoms with Gasteiger partial charge in [-0.1, -0.05) is 0 Å². The molecule has 4 heteroatoms. The Morgan fingerprint density at radius 1 is 1.47 bits per heavy atom. The first-order chi connectivity index (χ1) is 6.87. The molecule has 88 valence electrons. The standard InChI is InChI=1S/C11H22N2O2/c1-11(2,3)15-10(14)13-7-8-4-5-9(12)6-8/h8-9H,4-7,12H2,1-3H3,(H,13,14). The molecule has 1 fully saturated rings. The Labute approximate surface area is 91.5 Å². The molecule has 0 aromatic rings. The van der Waals surface area contributed by atoms with Crippen LogP contribution in [0, 0.1) is 5.92 Å². The van der Waals surface area contributed by atoms with Crippen molar-refractivity contribution in [3.63, 3.8) is 0 Å². The molecule has 0 radical (unpaired) electrons. The van der Waals surface area contributed by atoms with Gasteiger partial charge in [-0.3, -0.25) is 0 Å². The van der Waals surface area contributed by atoms with Gasteiger partial charge in [0, 0.05) is 12.6 Å². The predicted octanol–water partition coefficient (Wildman–Crippen LogP) is 1.64. The van der Waals surface area contributed by atoms with E-state index in [-0.39, 0.29) is 6.09 Å². The van der Waals surface area contributed by atoms with E-state index >= 15 is 0 Å². The summed E-state index contributed by atoms with van der Waals surface area (Å²) in [4.78, 5) is 11.3. The number of amides is 1. The van der Waals surface area contributed by atoms with Crippen LogP contribution in [-0.2, 0) is 4.74 Å². The van der Waals surface area contributed by atoms with Gasteiger partial charge in [-0.2, -0.15) is 0 Å². The fraction of sp³-hybridized carbons (Fsp3) is 0.909. The normalized spacial score (nSPS) is 26.4. The number of hydrogen-bond acceptors (Lipinski definition) is 3. The summed E-state index contributed by atoms with van der Waals surface area (Å²) < 4.78 is 5.14. The van der Waals surface area contributed by atoms with Crippen molar-refractivity contribution in [2.75, 3.05) is 6.54 Å². The molecule has 1 aliphatic rings. The lowest BCUT2D eigenvalue weighted by Gasteiger charge is -2.20. The van der Waals surface area contributed by atoms with Crippen molar-refractivity contribution < 1.29 is 9.53 Å². The van der Waals surface area contributed by atoms with Gasteiger partial charge >= 0.3 is 6.09 Å². The van der Waals surface area contributed by atoms with E-state index in [1.165, 1.54) is 0 Å². The summed E-state index contributed by atoms with van der Waals surface area (Å²) >= 11 is 0. The molecular formula is C11H22N2O2. The second kappa shape index (κ2) is 4.84. The van der Waals surface area contributed by atoms with E-state index in [0.717, 1.165) is 19.3 Å². The van der Waals surface area contributed by atoms with E-state index < -0.39 is 5.60 Å². The van der Waals surface area contributed by atoms with Crippen molar-refractivity contribution in [1.82, 2.24) is 5.32 Å². The van der Waals surface area contributed by atoms with Crippen molar-refractivity contribution in [3.8, 4) is 0 Å². The summed E-state index contributed by atoms with van der Waals surface area (Å²) in [6, 6.07) is 0.315. The minimum atomic E-state index is -0.420. The topological polar surface area (TPSA) is 64.3 Å². The van der Waals surface area contributed by atoms with E-state index in [0.29, 0.717) is 18.5 Å². The van der Waals surface area contributed by atoms with E-state index in [9.17, 15) is 4.79 Å². The van der Waals surface area contributed by atoms with Gasteiger partial charge in [0.05, 0.1) is 0 Å². The molecule has 1 rings (SSSR count). The first-order valence-electron chi connectivity index (χ1n) is 5.59. The number of nitrogens with two attached hydrogens (primary N) is 1. The van der Waals surface area contributed by atoms with Gasteiger partial charge in [-0.15, -0.1) is 0 Å². The second-order valence-corrected chi connectivity index (χ2v) is 5.32. The van der Waals surface area contributed by atoms with Crippen LogP contribution in [0.2, 0.25) is 0 Å². The van der Waals surface area contributed by atoms with Crippen molar-refractivity contribution in [2.24, 2.45) is 11.7 Å². The van der Waals surface area contributed by atoms with Crippen LogP contribution in [0.3, 0.4) is 0 Å². The number of rotatable bonds is 2. The molecule has 3 N–H and O–H groups in total. The fourth-order valence-electron chi connectivity index (χ4n) is 1.84. The summed E-state index contributed by atoms with van der Waals surface area (Å²) in [5.74, 6) is 0.521. The van der Waals surface area contributed by atoms with Gasteiger partial charge in [0.2, 0.25) is 0 Å². The summed E-state index contributed by atoms with van der Waals surface area (Å²) in [7, 11) is 0. The zero-order valence-corrected chi connectivity index (χ0v) is 9.88. The maximum absolute atomic E-state index is 11.3. The molecule has 1 aliphatic carbocycles. The summed E-state index contributed by atoms with van der Waals surface area (Å²) in [5, 5.41) is 2.78. The highest BCUT2D eigenvalue weighted by molar-refractivity contribution is 5.67. The van der Waals surface area contributed by atoms with E-state index in [2.05, 4.69) is 5.32 Å². The van der Waals surface area contributed by atoms with Gasteiger partial charge in [0.1, 0.15) is 5.60 Å². The third-order valence-corrected chi connectivity index (χ3v) is 2.52. The van der Waals surface area contributed by atoms with E-state index in [4.69, 9.17) is 10.5 Å². The molecule has 4 nitrogen and oxygen atoms in total. The van der Waals surface area contributed by atoms with Crippen LogP contribution in [0.5, 0.6) is 0 Å². The van der Waals surface area contributed by atoms with Gasteiger partial charge in [-0.25, -0.2) is 4.79 Å². The minimum Gasteiger partial charge on any atom is -0.444 e. The van der Waals surface area contributed by atoms with Gasteiger partial charge in [0.15, 0.2) is 0 Å². The Morgan fingerprint density at radius 2 is 2.13 bits per heavy atom. The summed E-state index contributed by atoms with van der Waals surface area (Å²) in [6.45, 7) is 6.26. The Bertz CT molecular complexity index is 223. The third kappa shape index (κ3) is 5.02. The molecular weight excluding hydrogens is 192 g/mol. The quantitative estimate of drug-likeness (QED) is 0.734. The Hall–Kier alpha value is -0.770. The third-order valence-electron chi connectivity index (χ3n) is 2.52. The summed E-state index contributed by atoms with van der Waals surface area (Å²) in [6.07, 6.45) is 2.86. The zero-order valence-electron chi connectivity index (χ0n) is 9.88. The van der Waals surface area contributed by atoms with Crippen LogP contribution in [0.25, 0.3) is 0 Å². The van der Waals surface area contributed by atoms with Crippen molar-refractivity contribution in [3.05, 3.63) is 0 Å². The highest BCUT2D eigenvalue weighted by atomic mass is 16.6. The van der Waals surface area contributed by atoms with Gasteiger partial charge < -0.3 is 15.8 Å². The fourth-order valence-corrected chi connectivity index (χ4v) is 1.84. The molecule has 0 aromatic carbocycles. The molecule has 0 aliphatic heterocycles. The van der Waals surface area contributed by atoms with Crippen LogP contribution in [0.1, 0.15) is 40.0 Å². The SMILES string of the molecule is CC(C)(C)OC(=O)NCC1CCC(N)C1. The molecule has 15 heavy (non-hydrogen) atoms. The number of carbonyl (C=O) groups is 1. The first-order valence-corrected chi connectivity index (χ1v) is 5.59. The molecule has 1 saturated carbocycles. The molecule has 2 atom stereocenters. The maximum Gasteiger partial charge on any atom is 0.407 e. The monoisotopic (exact) mass is 214 g/mol. The molecule has 0 heterocycles. The average molecular weight is 214 g/mol. The van der Waals surface area contributed by atoms with Crippen LogP contribution in [0.4, 0.5) is 4.79 Å². The smallest absolute Gasteiger partial charge is 0.407 e. The Morgan fingerprint density at radius 3 is 2.60 bits per heavy atom. The van der Waals surface area contributed by atoms with Gasteiger partial charge in [0.25, 0.3) is 0 Å². The second-order valence-electron chi connectivity index (χ2n) is 5.32. The molecule has 0 spiro atoms. The van der Waals surface area contributed by atoms with Crippen molar-refractivity contribution in [1.29, 1.82) is 0 Å². The van der Waals surface area contributed by atoms with Crippen LogP contribution in [0.15, 0.2) is 0 Å². The number of alkyl carbamates (subject to hydrolysis) is 1. The van der Waals surface area contributed by atoms with E-state index in [1.807, 2.05) is 20.8 Å². The maximum atomic E-state index is 11.3. The highest BCUT2D eigenvalue weighted by Gasteiger charge is 2.23. The van der Waals surface area contributed by atoms with Crippen LogP contribution in [-0.4, -0.2) is 24.3 Å². The van der Waals surface area contributed by atoms with Gasteiger partial charge in [-0.05, 0) is 46.0 Å². The Balaban J connectivity index is 2.17. The first kappa shape index (κ1) is 12.3. The van der Waals surface area contributed by atoms with Crippen molar-refractivity contribution >= 4 is 6.09 Å². The number of nitrogens with one attached hydrogen (secondary N) is 1. The van der Waals surface area contributed by atoms with Crippen molar-refractivity contribution in [2.45, 2.75) is 51.7 Å². The molecule has 0 aromatic heterocycles. The highest BCUT2D eigenvalue weighted by Crippen LogP contribution is 2.23. The van der Waals surface area contributed by atoms with Crippen LogP contribution < -0.4 is 11.1 Å². The predicted molar refractivity (Wildman–Crippen MR) is 59.6 cm³/mol. The molecule has 2 unspecified atom stereocenters. The lowest BCUT2D eigenvalue weighted by Crippen LogP contribution is -2.35. The largest absolute Gasteiger partial charge is 0.444 e. The number of hydrogen-bond donors (Lipinski definition) is 2. The Kier molecular flexibility index (Phi) is 3.97. The molecule has 0 saturated heterocycles.